The minimum Gasteiger partial charge on any atom is -0.269 e. The van der Waals surface area contributed by atoms with Gasteiger partial charge in [0.05, 0.1) is 17.1 Å². The molecule has 5 nitrogen and oxygen atoms in total. The van der Waals surface area contributed by atoms with E-state index in [9.17, 15) is 8.42 Å². The molecule has 6 heteroatoms. The van der Waals surface area contributed by atoms with Crippen LogP contribution in [0.2, 0.25) is 0 Å². The summed E-state index contributed by atoms with van der Waals surface area (Å²) in [5.41, 5.74) is 2.02. The van der Waals surface area contributed by atoms with Gasteiger partial charge in [-0.1, -0.05) is 25.5 Å². The van der Waals surface area contributed by atoms with E-state index in [0.29, 0.717) is 4.90 Å². The summed E-state index contributed by atoms with van der Waals surface area (Å²) in [6, 6.07) is 8.94. The van der Waals surface area contributed by atoms with E-state index >= 15 is 0 Å². The molecule has 2 rings (SSSR count). The van der Waals surface area contributed by atoms with Crippen molar-refractivity contribution < 1.29 is 8.42 Å². The van der Waals surface area contributed by atoms with Crippen LogP contribution in [0.3, 0.4) is 0 Å². The largest absolute Gasteiger partial charge is 0.269 e. The predicted octanol–water partition coefficient (Wildman–Crippen LogP) is 2.72. The lowest BCUT2D eigenvalue weighted by Crippen LogP contribution is -2.24. The second kappa shape index (κ2) is 7.56. The average Bonchev–Trinajstić information content (AvgIpc) is 2.99. The molecule has 0 unspecified atom stereocenters. The van der Waals surface area contributed by atoms with Crippen molar-refractivity contribution in [3.05, 3.63) is 47.8 Å². The zero-order chi connectivity index (χ0) is 16.0. The number of nitrogens with zero attached hydrogens (tertiary/aromatic N) is 2. The minimum absolute atomic E-state index is 0.244. The standard InChI is InChI=1S/C16H23N3O2S/c1-3-5-6-14-7-9-16(10-8-14)22(20,21)18-13-15-11-12-17-19(15)4-2/h7-12,18H,3-6,13H2,1-2H3. The van der Waals surface area contributed by atoms with Gasteiger partial charge < -0.3 is 0 Å². The van der Waals surface area contributed by atoms with Gasteiger partial charge >= 0.3 is 0 Å². The maximum absolute atomic E-state index is 12.3. The molecule has 1 aromatic carbocycles. The van der Waals surface area contributed by atoms with Gasteiger partial charge in [0.2, 0.25) is 10.0 Å². The van der Waals surface area contributed by atoms with Crippen molar-refractivity contribution in [3.63, 3.8) is 0 Å². The highest BCUT2D eigenvalue weighted by molar-refractivity contribution is 7.89. The molecule has 0 bridgehead atoms. The Bertz CT molecular complexity index is 690. The lowest BCUT2D eigenvalue weighted by atomic mass is 10.1. The number of rotatable bonds is 8. The molecule has 0 spiro atoms. The van der Waals surface area contributed by atoms with E-state index in [1.807, 2.05) is 25.1 Å². The first kappa shape index (κ1) is 16.7. The van der Waals surface area contributed by atoms with Crippen molar-refractivity contribution in [1.82, 2.24) is 14.5 Å². The Morgan fingerprint density at radius 2 is 1.86 bits per heavy atom. The first-order valence-electron chi connectivity index (χ1n) is 7.66. The SMILES string of the molecule is CCCCc1ccc(S(=O)(=O)NCc2ccnn2CC)cc1. The van der Waals surface area contributed by atoms with Crippen molar-refractivity contribution in [3.8, 4) is 0 Å². The molecular formula is C16H23N3O2S. The summed E-state index contributed by atoms with van der Waals surface area (Å²) in [6.45, 7) is 5.08. The number of sulfonamides is 1. The van der Waals surface area contributed by atoms with Crippen molar-refractivity contribution in [1.29, 1.82) is 0 Å². The molecule has 0 aliphatic heterocycles. The van der Waals surface area contributed by atoms with Gasteiger partial charge in [0.1, 0.15) is 0 Å². The number of aromatic nitrogens is 2. The van der Waals surface area contributed by atoms with E-state index in [2.05, 4.69) is 16.7 Å². The van der Waals surface area contributed by atoms with Gasteiger partial charge in [-0.2, -0.15) is 5.10 Å². The molecule has 0 radical (unpaired) electrons. The first-order chi connectivity index (χ1) is 10.6. The smallest absolute Gasteiger partial charge is 0.240 e. The molecule has 2 aromatic rings. The summed E-state index contributed by atoms with van der Waals surface area (Å²) in [7, 11) is -3.49. The van der Waals surface area contributed by atoms with Crippen LogP contribution in [0.15, 0.2) is 41.4 Å². The second-order valence-corrected chi connectivity index (χ2v) is 6.98. The maximum Gasteiger partial charge on any atom is 0.240 e. The van der Waals surface area contributed by atoms with Gasteiger partial charge in [0.15, 0.2) is 0 Å². The summed E-state index contributed by atoms with van der Waals surface area (Å²) in [4.78, 5) is 0.301. The third-order valence-electron chi connectivity index (χ3n) is 3.60. The van der Waals surface area contributed by atoms with Crippen LogP contribution in [0.25, 0.3) is 0 Å². The maximum atomic E-state index is 12.3. The number of unbranched alkanes of at least 4 members (excludes halogenated alkanes) is 1. The van der Waals surface area contributed by atoms with E-state index in [1.165, 1.54) is 5.56 Å². The summed E-state index contributed by atoms with van der Waals surface area (Å²) in [5.74, 6) is 0. The summed E-state index contributed by atoms with van der Waals surface area (Å²) in [6.07, 6.45) is 4.91. The Morgan fingerprint density at radius 3 is 2.50 bits per heavy atom. The minimum atomic E-state index is -3.49. The van der Waals surface area contributed by atoms with Crippen LogP contribution in [-0.4, -0.2) is 18.2 Å². The molecule has 1 N–H and O–H groups in total. The zero-order valence-corrected chi connectivity index (χ0v) is 13.9. The van der Waals surface area contributed by atoms with E-state index in [4.69, 9.17) is 0 Å². The molecule has 1 aromatic heterocycles. The van der Waals surface area contributed by atoms with Crippen molar-refractivity contribution >= 4 is 10.0 Å². The highest BCUT2D eigenvalue weighted by Crippen LogP contribution is 2.13. The fraction of sp³-hybridized carbons (Fsp3) is 0.438. The van der Waals surface area contributed by atoms with Crippen molar-refractivity contribution in [2.24, 2.45) is 0 Å². The predicted molar refractivity (Wildman–Crippen MR) is 87.0 cm³/mol. The Morgan fingerprint density at radius 1 is 1.14 bits per heavy atom. The van der Waals surface area contributed by atoms with Crippen molar-refractivity contribution in [2.75, 3.05) is 0 Å². The highest BCUT2D eigenvalue weighted by Gasteiger charge is 2.14. The van der Waals surface area contributed by atoms with Gasteiger partial charge in [-0.3, -0.25) is 4.68 Å². The summed E-state index contributed by atoms with van der Waals surface area (Å²) >= 11 is 0. The van der Waals surface area contributed by atoms with E-state index in [0.717, 1.165) is 31.5 Å². The number of aryl methyl sites for hydroxylation is 2. The van der Waals surface area contributed by atoms with Crippen LogP contribution in [-0.2, 0) is 29.5 Å². The Kier molecular flexibility index (Phi) is 5.74. The molecule has 22 heavy (non-hydrogen) atoms. The van der Waals surface area contributed by atoms with Crippen LogP contribution in [0.1, 0.15) is 37.9 Å². The van der Waals surface area contributed by atoms with E-state index < -0.39 is 10.0 Å². The van der Waals surface area contributed by atoms with Gasteiger partial charge in [0.25, 0.3) is 0 Å². The molecule has 120 valence electrons. The Labute approximate surface area is 132 Å². The van der Waals surface area contributed by atoms with Gasteiger partial charge in [-0.25, -0.2) is 13.1 Å². The lowest BCUT2D eigenvalue weighted by molar-refractivity contribution is 0.570. The molecule has 0 saturated carbocycles. The third-order valence-corrected chi connectivity index (χ3v) is 5.02. The average molecular weight is 321 g/mol. The Balaban J connectivity index is 2.03. The van der Waals surface area contributed by atoms with Crippen LogP contribution in [0.5, 0.6) is 0 Å². The van der Waals surface area contributed by atoms with E-state index in [1.54, 1.807) is 23.0 Å². The molecule has 0 aliphatic rings. The lowest BCUT2D eigenvalue weighted by Gasteiger charge is -2.09. The number of hydrogen-bond acceptors (Lipinski definition) is 3. The third kappa shape index (κ3) is 4.18. The monoisotopic (exact) mass is 321 g/mol. The number of nitrogens with one attached hydrogen (secondary N) is 1. The van der Waals surface area contributed by atoms with Crippen LogP contribution >= 0.6 is 0 Å². The second-order valence-electron chi connectivity index (χ2n) is 5.21. The van der Waals surface area contributed by atoms with Crippen LogP contribution in [0, 0.1) is 0 Å². The molecule has 0 aliphatic carbocycles. The number of hydrogen-bond donors (Lipinski definition) is 1. The molecule has 0 atom stereocenters. The first-order valence-corrected chi connectivity index (χ1v) is 9.14. The molecule has 0 saturated heterocycles. The zero-order valence-electron chi connectivity index (χ0n) is 13.1. The molecular weight excluding hydrogens is 298 g/mol. The summed E-state index contributed by atoms with van der Waals surface area (Å²) in [5, 5.41) is 4.13. The van der Waals surface area contributed by atoms with Crippen LogP contribution in [0.4, 0.5) is 0 Å². The van der Waals surface area contributed by atoms with Crippen LogP contribution < -0.4 is 4.72 Å². The quantitative estimate of drug-likeness (QED) is 0.813. The fourth-order valence-corrected chi connectivity index (χ4v) is 3.26. The molecule has 0 amide bonds. The normalized spacial score (nSPS) is 11.7. The molecule has 0 fully saturated rings. The highest BCUT2D eigenvalue weighted by atomic mass is 32.2. The summed E-state index contributed by atoms with van der Waals surface area (Å²) < 4.78 is 29.0. The topological polar surface area (TPSA) is 64.0 Å². The fourth-order valence-electron chi connectivity index (χ4n) is 2.26. The molecule has 1 heterocycles. The number of benzene rings is 1. The van der Waals surface area contributed by atoms with Gasteiger partial charge in [0, 0.05) is 12.7 Å². The van der Waals surface area contributed by atoms with Crippen molar-refractivity contribution in [2.45, 2.75) is 51.1 Å². The van der Waals surface area contributed by atoms with E-state index in [-0.39, 0.29) is 6.54 Å². The van der Waals surface area contributed by atoms with Gasteiger partial charge in [-0.15, -0.1) is 0 Å². The Hall–Kier alpha value is -1.66. The van der Waals surface area contributed by atoms with Gasteiger partial charge in [-0.05, 0) is 43.5 Å².